The molecule has 1 aromatic carbocycles. The molecule has 5 rings (SSSR count). The van der Waals surface area contributed by atoms with Crippen LogP contribution >= 0.6 is 11.3 Å². The molecule has 1 N–H and O–H groups in total. The molecule has 0 amide bonds. The van der Waals surface area contributed by atoms with Gasteiger partial charge >= 0.3 is 6.18 Å². The molecule has 4 nitrogen and oxygen atoms in total. The molecule has 0 aliphatic heterocycles. The van der Waals surface area contributed by atoms with Gasteiger partial charge in [-0.25, -0.2) is 18.7 Å². The van der Waals surface area contributed by atoms with Gasteiger partial charge in [0, 0.05) is 18.2 Å². The van der Waals surface area contributed by atoms with E-state index in [0.717, 1.165) is 18.2 Å². The van der Waals surface area contributed by atoms with Crippen molar-refractivity contribution in [3.63, 3.8) is 0 Å². The fourth-order valence-electron chi connectivity index (χ4n) is 3.42. The fourth-order valence-corrected chi connectivity index (χ4v) is 4.32. The van der Waals surface area contributed by atoms with Crippen molar-refractivity contribution in [3.8, 4) is 11.5 Å². The lowest BCUT2D eigenvalue weighted by Gasteiger charge is -2.09. The number of anilines is 1. The Labute approximate surface area is 176 Å². The molecule has 0 saturated heterocycles. The highest BCUT2D eigenvalue weighted by Gasteiger charge is 2.40. The summed E-state index contributed by atoms with van der Waals surface area (Å²) in [6, 6.07) is 9.69. The van der Waals surface area contributed by atoms with Crippen molar-refractivity contribution in [2.24, 2.45) is 0 Å². The zero-order chi connectivity index (χ0) is 21.8. The molecule has 0 radical (unpaired) electrons. The van der Waals surface area contributed by atoms with Crippen LogP contribution in [0.5, 0.6) is 0 Å². The molecule has 31 heavy (non-hydrogen) atoms. The summed E-state index contributed by atoms with van der Waals surface area (Å²) in [4.78, 5) is 12.3. The molecule has 158 valence electrons. The number of alkyl halides is 3. The normalized spacial score (nSPS) is 18.4. The number of nitrogens with zero attached hydrogens (tertiary/aromatic N) is 3. The number of fused-ring (bicyclic) bond motifs is 1. The second-order valence-electron chi connectivity index (χ2n) is 7.20. The van der Waals surface area contributed by atoms with E-state index in [9.17, 15) is 22.0 Å². The highest BCUT2D eigenvalue weighted by Crippen LogP contribution is 2.45. The van der Waals surface area contributed by atoms with Crippen LogP contribution in [0.4, 0.5) is 27.8 Å². The molecule has 1 aliphatic rings. The van der Waals surface area contributed by atoms with Crippen LogP contribution in [0.3, 0.4) is 0 Å². The van der Waals surface area contributed by atoms with Gasteiger partial charge in [0.05, 0.1) is 5.39 Å². The van der Waals surface area contributed by atoms with E-state index < -0.39 is 22.7 Å². The lowest BCUT2D eigenvalue weighted by molar-refractivity contribution is -0.134. The molecule has 3 aromatic heterocycles. The van der Waals surface area contributed by atoms with Crippen LogP contribution in [0.1, 0.15) is 22.8 Å². The lowest BCUT2D eigenvalue weighted by atomic mass is 10.1. The highest BCUT2D eigenvalue weighted by atomic mass is 32.1. The van der Waals surface area contributed by atoms with Crippen LogP contribution in [-0.2, 0) is 6.18 Å². The largest absolute Gasteiger partial charge is 0.425 e. The zero-order valence-electron chi connectivity index (χ0n) is 15.6. The number of hydrogen-bond acceptors (Lipinski definition) is 5. The third-order valence-electron chi connectivity index (χ3n) is 5.05. The Morgan fingerprint density at radius 1 is 1.00 bits per heavy atom. The lowest BCUT2D eigenvalue weighted by Crippen LogP contribution is -2.08. The number of pyridine rings is 1. The van der Waals surface area contributed by atoms with Crippen LogP contribution in [0.2, 0.25) is 0 Å². The fraction of sp³-hybridized carbons (Fsp3) is 0.190. The Bertz CT molecular complexity index is 1270. The van der Waals surface area contributed by atoms with E-state index in [1.807, 2.05) is 0 Å². The van der Waals surface area contributed by atoms with Gasteiger partial charge in [0.15, 0.2) is 17.5 Å². The van der Waals surface area contributed by atoms with Gasteiger partial charge in [-0.15, -0.1) is 11.3 Å². The number of thiophene rings is 1. The Kier molecular flexibility index (Phi) is 4.62. The van der Waals surface area contributed by atoms with E-state index in [2.05, 4.69) is 20.3 Å². The zero-order valence-corrected chi connectivity index (χ0v) is 16.4. The summed E-state index contributed by atoms with van der Waals surface area (Å²) in [6.45, 7) is 0. The molecular formula is C21H13F5N4S. The first-order valence-corrected chi connectivity index (χ1v) is 10.1. The van der Waals surface area contributed by atoms with Crippen LogP contribution in [0.15, 0.2) is 48.7 Å². The maximum Gasteiger partial charge on any atom is 0.425 e. The van der Waals surface area contributed by atoms with Gasteiger partial charge in [-0.2, -0.15) is 13.2 Å². The van der Waals surface area contributed by atoms with E-state index in [4.69, 9.17) is 0 Å². The molecule has 0 unspecified atom stereocenters. The van der Waals surface area contributed by atoms with E-state index >= 15 is 0 Å². The number of halogens is 5. The maximum absolute atomic E-state index is 13.6. The molecule has 1 fully saturated rings. The van der Waals surface area contributed by atoms with Gasteiger partial charge in [-0.1, -0.05) is 12.1 Å². The van der Waals surface area contributed by atoms with Crippen molar-refractivity contribution in [2.75, 3.05) is 5.32 Å². The maximum atomic E-state index is 13.6. The van der Waals surface area contributed by atoms with E-state index in [0.29, 0.717) is 29.0 Å². The van der Waals surface area contributed by atoms with Crippen molar-refractivity contribution < 1.29 is 22.0 Å². The second-order valence-corrected chi connectivity index (χ2v) is 8.24. The summed E-state index contributed by atoms with van der Waals surface area (Å²) in [5.74, 6) is -1.50. The highest BCUT2D eigenvalue weighted by molar-refractivity contribution is 7.18. The Hall–Kier alpha value is -3.14. The number of rotatable bonds is 4. The van der Waals surface area contributed by atoms with Crippen LogP contribution in [0, 0.1) is 11.6 Å². The molecule has 0 bridgehead atoms. The van der Waals surface area contributed by atoms with Gasteiger partial charge in [-0.3, -0.25) is 4.98 Å². The predicted molar refractivity (Wildman–Crippen MR) is 107 cm³/mol. The topological polar surface area (TPSA) is 50.7 Å². The Morgan fingerprint density at radius 3 is 2.55 bits per heavy atom. The van der Waals surface area contributed by atoms with E-state index in [1.54, 1.807) is 24.4 Å². The van der Waals surface area contributed by atoms with Crippen molar-refractivity contribution in [1.82, 2.24) is 15.0 Å². The van der Waals surface area contributed by atoms with Crippen molar-refractivity contribution in [1.29, 1.82) is 0 Å². The molecule has 1 aliphatic carbocycles. The summed E-state index contributed by atoms with van der Waals surface area (Å²) in [7, 11) is 0. The average Bonchev–Trinajstić information content (AvgIpc) is 3.35. The Balaban J connectivity index is 1.52. The number of nitrogens with one attached hydrogen (secondary N) is 1. The van der Waals surface area contributed by atoms with Crippen molar-refractivity contribution in [3.05, 3.63) is 70.7 Å². The van der Waals surface area contributed by atoms with E-state index in [-0.39, 0.29) is 33.8 Å². The third kappa shape index (κ3) is 3.83. The first-order valence-electron chi connectivity index (χ1n) is 9.31. The van der Waals surface area contributed by atoms with Gasteiger partial charge in [0.2, 0.25) is 0 Å². The summed E-state index contributed by atoms with van der Waals surface area (Å²) in [5, 5.41) is 3.42. The first-order chi connectivity index (χ1) is 14.8. The van der Waals surface area contributed by atoms with Gasteiger partial charge in [-0.05, 0) is 42.3 Å². The van der Waals surface area contributed by atoms with Crippen LogP contribution in [0.25, 0.3) is 21.7 Å². The minimum atomic E-state index is -4.50. The molecule has 10 heteroatoms. The summed E-state index contributed by atoms with van der Waals surface area (Å²) in [5.41, 5.74) is 1.05. The SMILES string of the molecule is Fc1ccc([C@@H]2C[C@H]2Nc2nc(-c3ccccn3)nc3sc(C(F)(F)F)cc23)cc1F. The standard InChI is InChI=1S/C21H13F5N4S/c22-13-5-4-10(7-14(13)23)11-8-16(11)28-18-12-9-17(21(24,25)26)31-20(12)30-19(29-18)15-3-1-2-6-27-15/h1-7,9,11,16H,8H2,(H,28,29,30)/t11-,16+/m0/s1. The summed E-state index contributed by atoms with van der Waals surface area (Å²) in [6.07, 6.45) is -2.33. The number of hydrogen-bond donors (Lipinski definition) is 1. The van der Waals surface area contributed by atoms with Crippen LogP contribution in [-0.4, -0.2) is 21.0 Å². The quantitative estimate of drug-likeness (QED) is 0.388. The first kappa shape index (κ1) is 19.8. The molecule has 3 heterocycles. The second kappa shape index (κ2) is 7.23. The summed E-state index contributed by atoms with van der Waals surface area (Å²) >= 11 is 0.540. The molecule has 4 aromatic rings. The van der Waals surface area contributed by atoms with Gasteiger partial charge in [0.25, 0.3) is 0 Å². The minimum absolute atomic E-state index is 0.0980. The third-order valence-corrected chi connectivity index (χ3v) is 6.12. The van der Waals surface area contributed by atoms with Gasteiger partial charge in [0.1, 0.15) is 21.2 Å². The number of aromatic nitrogens is 3. The molecule has 2 atom stereocenters. The smallest absolute Gasteiger partial charge is 0.366 e. The monoisotopic (exact) mass is 448 g/mol. The molecular weight excluding hydrogens is 435 g/mol. The van der Waals surface area contributed by atoms with E-state index in [1.165, 1.54) is 6.07 Å². The molecule has 0 spiro atoms. The Morgan fingerprint density at radius 2 is 1.84 bits per heavy atom. The van der Waals surface area contributed by atoms with Crippen LogP contribution < -0.4 is 5.32 Å². The average molecular weight is 448 g/mol. The molecule has 1 saturated carbocycles. The van der Waals surface area contributed by atoms with Crippen molar-refractivity contribution in [2.45, 2.75) is 24.6 Å². The van der Waals surface area contributed by atoms with Gasteiger partial charge < -0.3 is 5.32 Å². The summed E-state index contributed by atoms with van der Waals surface area (Å²) < 4.78 is 66.6. The number of benzene rings is 1. The minimum Gasteiger partial charge on any atom is -0.366 e. The van der Waals surface area contributed by atoms with Crippen molar-refractivity contribution >= 4 is 27.4 Å². The predicted octanol–water partition coefficient (Wildman–Crippen LogP) is 6.02.